The van der Waals surface area contributed by atoms with Crippen LogP contribution in [0.15, 0.2) is 0 Å². The first kappa shape index (κ1) is 9.63. The number of nitrogens with zero attached hydrogens (tertiary/aromatic N) is 1. The van der Waals surface area contributed by atoms with Gasteiger partial charge in [0.05, 0.1) is 0 Å². The Kier molecular flexibility index (Phi) is 5.22. The Bertz CT molecular complexity index is 89.3. The molecule has 59 valence electrons. The molecule has 0 aromatic heterocycles. The van der Waals surface area contributed by atoms with E-state index < -0.39 is 0 Å². The molecule has 0 saturated heterocycles. The zero-order valence-electron chi connectivity index (χ0n) is 7.05. The van der Waals surface area contributed by atoms with Crippen LogP contribution in [-0.2, 0) is 4.79 Å². The predicted molar refractivity (Wildman–Crippen MR) is 42.7 cm³/mol. The van der Waals surface area contributed by atoms with Gasteiger partial charge in [-0.1, -0.05) is 13.8 Å². The highest BCUT2D eigenvalue weighted by atomic mass is 16.1. The summed E-state index contributed by atoms with van der Waals surface area (Å²) in [5.74, 6) is 0. The molecule has 0 saturated carbocycles. The minimum Gasteiger partial charge on any atom is -0.301 e. The van der Waals surface area contributed by atoms with Crippen molar-refractivity contribution in [3.8, 4) is 0 Å². The molecule has 0 fully saturated rings. The summed E-state index contributed by atoms with van der Waals surface area (Å²) in [5, 5.41) is 0. The van der Waals surface area contributed by atoms with Crippen LogP contribution in [0.25, 0.3) is 0 Å². The van der Waals surface area contributed by atoms with Crippen LogP contribution in [0.3, 0.4) is 0 Å². The van der Waals surface area contributed by atoms with Crippen molar-refractivity contribution in [1.29, 1.82) is 0 Å². The topological polar surface area (TPSA) is 20.3 Å². The second-order valence-corrected chi connectivity index (χ2v) is 2.42. The molecule has 0 N–H and O–H groups in total. The fourth-order valence-corrected chi connectivity index (χ4v) is 1.10. The maximum Gasteiger partial charge on any atom is 0.199 e. The molecule has 0 heterocycles. The lowest BCUT2D eigenvalue weighted by Gasteiger charge is -2.23. The summed E-state index contributed by atoms with van der Waals surface area (Å²) < 4.78 is 0. The van der Waals surface area contributed by atoms with Gasteiger partial charge in [-0.15, -0.1) is 0 Å². The van der Waals surface area contributed by atoms with Crippen LogP contribution in [-0.4, -0.2) is 30.3 Å². The van der Waals surface area contributed by atoms with Gasteiger partial charge in [-0.05, 0) is 20.0 Å². The van der Waals surface area contributed by atoms with Gasteiger partial charge in [0.15, 0.2) is 6.29 Å². The summed E-state index contributed by atoms with van der Waals surface area (Å²) in [6.07, 6.45) is 2.45. The quantitative estimate of drug-likeness (QED) is 0.575. The summed E-state index contributed by atoms with van der Waals surface area (Å²) in [6, 6.07) is 0.354. The molecule has 2 nitrogen and oxygen atoms in total. The van der Waals surface area contributed by atoms with Gasteiger partial charge in [0.1, 0.15) is 0 Å². The fraction of sp³-hybridized carbons (Fsp3) is 0.875. The zero-order valence-corrected chi connectivity index (χ0v) is 7.05. The van der Waals surface area contributed by atoms with E-state index in [1.54, 1.807) is 0 Å². The highest BCUT2D eigenvalue weighted by Crippen LogP contribution is 1.99. The number of carbonyl (C=O) groups excluding carboxylic acids is 1. The van der Waals surface area contributed by atoms with Gasteiger partial charge in [0.25, 0.3) is 0 Å². The molecule has 1 radical (unpaired) electrons. The molecule has 0 aromatic rings. The van der Waals surface area contributed by atoms with E-state index in [1.165, 1.54) is 0 Å². The van der Waals surface area contributed by atoms with E-state index in [0.29, 0.717) is 12.5 Å². The Hall–Kier alpha value is -0.370. The van der Waals surface area contributed by atoms with E-state index in [0.717, 1.165) is 13.1 Å². The molecule has 2 heteroatoms. The third-order valence-electron chi connectivity index (χ3n) is 1.81. The molecule has 1 unspecified atom stereocenters. The Labute approximate surface area is 63.2 Å². The van der Waals surface area contributed by atoms with Gasteiger partial charge in [-0.25, -0.2) is 0 Å². The Morgan fingerprint density at radius 3 is 2.20 bits per heavy atom. The normalized spacial score (nSPS) is 13.6. The highest BCUT2D eigenvalue weighted by Gasteiger charge is 2.08. The Morgan fingerprint density at radius 1 is 1.40 bits per heavy atom. The second-order valence-electron chi connectivity index (χ2n) is 2.42. The molecule has 0 amide bonds. The van der Waals surface area contributed by atoms with E-state index in [9.17, 15) is 4.79 Å². The van der Waals surface area contributed by atoms with E-state index >= 15 is 0 Å². The molecular weight excluding hydrogens is 126 g/mol. The summed E-state index contributed by atoms with van der Waals surface area (Å²) in [6.45, 7) is 8.28. The summed E-state index contributed by atoms with van der Waals surface area (Å²) in [4.78, 5) is 12.2. The minimum absolute atomic E-state index is 0.354. The molecule has 0 spiro atoms. The number of hydrogen-bond donors (Lipinski definition) is 0. The Balaban J connectivity index is 3.63. The highest BCUT2D eigenvalue weighted by molar-refractivity contribution is 5.51. The summed E-state index contributed by atoms with van der Waals surface area (Å²) in [7, 11) is 0. The molecule has 0 aliphatic heterocycles. The average Bonchev–Trinajstić information content (AvgIpc) is 1.91. The van der Waals surface area contributed by atoms with Gasteiger partial charge in [0.2, 0.25) is 0 Å². The van der Waals surface area contributed by atoms with Crippen LogP contribution in [0.4, 0.5) is 0 Å². The zero-order chi connectivity index (χ0) is 7.98. The molecular formula is C8H16NO. The van der Waals surface area contributed by atoms with Crippen molar-refractivity contribution in [2.24, 2.45) is 0 Å². The van der Waals surface area contributed by atoms with Gasteiger partial charge in [-0.2, -0.15) is 0 Å². The second kappa shape index (κ2) is 5.42. The van der Waals surface area contributed by atoms with Crippen molar-refractivity contribution in [3.05, 3.63) is 0 Å². The Morgan fingerprint density at radius 2 is 1.90 bits per heavy atom. The van der Waals surface area contributed by atoms with E-state index in [2.05, 4.69) is 25.7 Å². The summed E-state index contributed by atoms with van der Waals surface area (Å²) in [5.41, 5.74) is 0. The van der Waals surface area contributed by atoms with E-state index in [4.69, 9.17) is 0 Å². The lowest BCUT2D eigenvalue weighted by atomic mass is 10.2. The lowest BCUT2D eigenvalue weighted by molar-refractivity contribution is 0.235. The van der Waals surface area contributed by atoms with Crippen molar-refractivity contribution >= 4 is 6.29 Å². The SMILES string of the molecule is CCN(CC)C(C)C[C]=O. The molecule has 10 heavy (non-hydrogen) atoms. The summed E-state index contributed by atoms with van der Waals surface area (Å²) >= 11 is 0. The van der Waals surface area contributed by atoms with Crippen LogP contribution < -0.4 is 0 Å². The van der Waals surface area contributed by atoms with Crippen LogP contribution in [0.2, 0.25) is 0 Å². The first-order chi connectivity index (χ1) is 4.76. The van der Waals surface area contributed by atoms with Crippen molar-refractivity contribution in [2.75, 3.05) is 13.1 Å². The van der Waals surface area contributed by atoms with E-state index in [1.807, 2.05) is 6.29 Å². The predicted octanol–water partition coefficient (Wildman–Crippen LogP) is 1.22. The van der Waals surface area contributed by atoms with Gasteiger partial charge in [-0.3, -0.25) is 4.79 Å². The van der Waals surface area contributed by atoms with Crippen molar-refractivity contribution < 1.29 is 4.79 Å². The van der Waals surface area contributed by atoms with Crippen LogP contribution >= 0.6 is 0 Å². The molecule has 0 rings (SSSR count). The number of hydrogen-bond acceptors (Lipinski definition) is 2. The molecule has 0 aromatic carbocycles. The lowest BCUT2D eigenvalue weighted by Crippen LogP contribution is -2.32. The molecule has 0 aliphatic rings. The number of rotatable bonds is 5. The largest absolute Gasteiger partial charge is 0.301 e. The van der Waals surface area contributed by atoms with Crippen molar-refractivity contribution in [3.63, 3.8) is 0 Å². The van der Waals surface area contributed by atoms with Gasteiger partial charge >= 0.3 is 0 Å². The minimum atomic E-state index is 0.354. The maximum atomic E-state index is 10.00. The third-order valence-corrected chi connectivity index (χ3v) is 1.81. The van der Waals surface area contributed by atoms with Gasteiger partial charge in [0, 0.05) is 12.5 Å². The molecule has 1 atom stereocenters. The first-order valence-corrected chi connectivity index (χ1v) is 3.85. The van der Waals surface area contributed by atoms with Gasteiger partial charge < -0.3 is 4.90 Å². The van der Waals surface area contributed by atoms with Crippen LogP contribution in [0.5, 0.6) is 0 Å². The molecule has 0 bridgehead atoms. The monoisotopic (exact) mass is 142 g/mol. The smallest absolute Gasteiger partial charge is 0.199 e. The third kappa shape index (κ3) is 2.97. The van der Waals surface area contributed by atoms with E-state index in [-0.39, 0.29) is 0 Å². The maximum absolute atomic E-state index is 10.00. The molecule has 0 aliphatic carbocycles. The average molecular weight is 142 g/mol. The fourth-order valence-electron chi connectivity index (χ4n) is 1.10. The van der Waals surface area contributed by atoms with Crippen LogP contribution in [0.1, 0.15) is 27.2 Å². The standard InChI is InChI=1S/C8H16NO/c1-4-9(5-2)8(3)6-7-10/h8H,4-6H2,1-3H3. The van der Waals surface area contributed by atoms with Crippen LogP contribution in [0, 0.1) is 0 Å². The first-order valence-electron chi connectivity index (χ1n) is 3.85. The van der Waals surface area contributed by atoms with Crippen molar-refractivity contribution in [1.82, 2.24) is 4.90 Å². The van der Waals surface area contributed by atoms with Crippen molar-refractivity contribution in [2.45, 2.75) is 33.2 Å².